The van der Waals surface area contributed by atoms with Crippen LogP contribution in [0.25, 0.3) is 10.9 Å². The molecule has 1 heterocycles. The summed E-state index contributed by atoms with van der Waals surface area (Å²) in [5.41, 5.74) is 2.69. The second kappa shape index (κ2) is 10.00. The molecular weight excluding hydrogens is 478 g/mol. The highest BCUT2D eigenvalue weighted by molar-refractivity contribution is 7.85. The van der Waals surface area contributed by atoms with Crippen molar-refractivity contribution in [2.45, 2.75) is 56.4 Å². The first-order chi connectivity index (χ1) is 16.6. The quantitative estimate of drug-likeness (QED) is 0.272. The summed E-state index contributed by atoms with van der Waals surface area (Å²) in [6.07, 6.45) is 0.229. The van der Waals surface area contributed by atoms with E-state index in [4.69, 9.17) is 11.6 Å². The summed E-state index contributed by atoms with van der Waals surface area (Å²) >= 11 is 6.53. The third kappa shape index (κ3) is 5.07. The fourth-order valence-electron chi connectivity index (χ4n) is 4.27. The molecule has 4 rings (SSSR count). The summed E-state index contributed by atoms with van der Waals surface area (Å²) in [5, 5.41) is 11.5. The van der Waals surface area contributed by atoms with Crippen molar-refractivity contribution in [1.82, 2.24) is 4.57 Å². The molecule has 182 valence electrons. The van der Waals surface area contributed by atoms with E-state index in [9.17, 15) is 14.1 Å². The highest BCUT2D eigenvalue weighted by Gasteiger charge is 2.33. The van der Waals surface area contributed by atoms with Crippen molar-refractivity contribution in [2.24, 2.45) is 5.41 Å². The van der Waals surface area contributed by atoms with Crippen LogP contribution in [-0.4, -0.2) is 19.9 Å². The molecular formula is C29H30ClNO3S. The molecule has 35 heavy (non-hydrogen) atoms. The van der Waals surface area contributed by atoms with E-state index in [2.05, 4.69) is 36.6 Å². The molecule has 0 saturated carbocycles. The van der Waals surface area contributed by atoms with Gasteiger partial charge in [-0.05, 0) is 61.2 Å². The Labute approximate surface area is 214 Å². The number of hydrogen-bond donors (Lipinski definition) is 1. The maximum atomic E-state index is 14.1. The first-order valence-corrected chi connectivity index (χ1v) is 13.2. The number of rotatable bonds is 8. The Morgan fingerprint density at radius 3 is 2.31 bits per heavy atom. The van der Waals surface area contributed by atoms with Gasteiger partial charge in [0.25, 0.3) is 0 Å². The fraction of sp³-hybridized carbons (Fsp3) is 0.276. The van der Waals surface area contributed by atoms with Gasteiger partial charge in [-0.2, -0.15) is 0 Å². The van der Waals surface area contributed by atoms with Gasteiger partial charge in [0.1, 0.15) is 0 Å². The largest absolute Gasteiger partial charge is 0.481 e. The maximum Gasteiger partial charge on any atom is 0.309 e. The predicted octanol–water partition coefficient (Wildman–Crippen LogP) is 7.29. The van der Waals surface area contributed by atoms with Gasteiger partial charge >= 0.3 is 5.97 Å². The van der Waals surface area contributed by atoms with Crippen molar-refractivity contribution in [1.29, 1.82) is 0 Å². The molecule has 0 aliphatic carbocycles. The Morgan fingerprint density at radius 1 is 1.03 bits per heavy atom. The third-order valence-electron chi connectivity index (χ3n) is 6.43. The molecule has 0 aliphatic rings. The second-order valence-electron chi connectivity index (χ2n) is 9.83. The normalized spacial score (nSPS) is 12.9. The van der Waals surface area contributed by atoms with Gasteiger partial charge in [0.2, 0.25) is 0 Å². The molecule has 1 N–H and O–H groups in total. The zero-order valence-electron chi connectivity index (χ0n) is 20.4. The van der Waals surface area contributed by atoms with E-state index < -0.39 is 22.2 Å². The highest BCUT2D eigenvalue weighted by Crippen LogP contribution is 2.38. The number of fused-ring (bicyclic) bond motifs is 1. The zero-order chi connectivity index (χ0) is 25.3. The topological polar surface area (TPSA) is 59.3 Å². The van der Waals surface area contributed by atoms with E-state index in [0.29, 0.717) is 27.3 Å². The van der Waals surface area contributed by atoms with Gasteiger partial charge in [-0.3, -0.25) is 4.79 Å². The van der Waals surface area contributed by atoms with Crippen LogP contribution in [0.1, 0.15) is 50.4 Å². The van der Waals surface area contributed by atoms with Crippen LogP contribution in [0, 0.1) is 5.41 Å². The van der Waals surface area contributed by atoms with Crippen molar-refractivity contribution in [3.05, 3.63) is 94.6 Å². The average molecular weight is 508 g/mol. The number of carbonyl (C=O) groups is 1. The molecule has 0 spiro atoms. The standard InChI is InChI=1S/C29H30ClNO3S/c1-19(2)20-14-15-25-23(16-20)27(35(34)22-11-6-5-7-12-22)26(17-29(3,4)28(32)33)31(25)18-21-10-8-9-13-24(21)30/h5-16,19H,17-18H2,1-4H3,(H,32,33). The minimum absolute atomic E-state index is 0.229. The number of hydrogen-bond acceptors (Lipinski definition) is 2. The van der Waals surface area contributed by atoms with E-state index in [-0.39, 0.29) is 6.42 Å². The van der Waals surface area contributed by atoms with Crippen LogP contribution in [0.3, 0.4) is 0 Å². The lowest BCUT2D eigenvalue weighted by Gasteiger charge is -2.22. The number of aliphatic carboxylic acids is 1. The number of carboxylic acid groups (broad SMARTS) is 1. The molecule has 0 radical (unpaired) electrons. The van der Waals surface area contributed by atoms with Gasteiger partial charge in [-0.1, -0.05) is 67.9 Å². The number of benzene rings is 3. The van der Waals surface area contributed by atoms with Crippen LogP contribution in [0.4, 0.5) is 0 Å². The van der Waals surface area contributed by atoms with Gasteiger partial charge in [0.05, 0.1) is 21.1 Å². The van der Waals surface area contributed by atoms with Gasteiger partial charge in [0, 0.05) is 39.5 Å². The number of halogens is 1. The minimum atomic E-state index is -1.49. The molecule has 6 heteroatoms. The van der Waals surface area contributed by atoms with E-state index >= 15 is 0 Å². The number of nitrogens with zero attached hydrogens (tertiary/aromatic N) is 1. The van der Waals surface area contributed by atoms with Crippen molar-refractivity contribution in [3.8, 4) is 0 Å². The lowest BCUT2D eigenvalue weighted by Crippen LogP contribution is -2.28. The molecule has 3 aromatic carbocycles. The molecule has 0 fully saturated rings. The van der Waals surface area contributed by atoms with Crippen molar-refractivity contribution >= 4 is 39.3 Å². The summed E-state index contributed by atoms with van der Waals surface area (Å²) in [6.45, 7) is 8.13. The van der Waals surface area contributed by atoms with Gasteiger partial charge < -0.3 is 9.67 Å². The van der Waals surface area contributed by atoms with Crippen LogP contribution in [0.2, 0.25) is 5.02 Å². The first-order valence-electron chi connectivity index (χ1n) is 11.7. The van der Waals surface area contributed by atoms with Crippen molar-refractivity contribution < 1.29 is 14.1 Å². The van der Waals surface area contributed by atoms with Crippen LogP contribution in [0.5, 0.6) is 0 Å². The molecule has 0 bridgehead atoms. The molecule has 4 aromatic rings. The summed E-state index contributed by atoms with van der Waals surface area (Å²) in [6, 6.07) is 23.3. The van der Waals surface area contributed by atoms with E-state index in [1.807, 2.05) is 54.6 Å². The summed E-state index contributed by atoms with van der Waals surface area (Å²) in [5.74, 6) is -0.602. The Morgan fingerprint density at radius 2 is 1.69 bits per heavy atom. The SMILES string of the molecule is CC(C)c1ccc2c(c1)c(S(=O)c1ccccc1)c(CC(C)(C)C(=O)O)n2Cc1ccccc1Cl. The van der Waals surface area contributed by atoms with Crippen molar-refractivity contribution in [2.75, 3.05) is 0 Å². The van der Waals surface area contributed by atoms with Crippen LogP contribution < -0.4 is 0 Å². The van der Waals surface area contributed by atoms with Crippen LogP contribution >= 0.6 is 11.6 Å². The Bertz CT molecular complexity index is 1410. The molecule has 0 saturated heterocycles. The summed E-state index contributed by atoms with van der Waals surface area (Å²) in [7, 11) is -1.49. The summed E-state index contributed by atoms with van der Waals surface area (Å²) < 4.78 is 16.2. The Hall–Kier alpha value is -2.89. The Kier molecular flexibility index (Phi) is 7.20. The lowest BCUT2D eigenvalue weighted by atomic mass is 9.88. The first kappa shape index (κ1) is 25.2. The van der Waals surface area contributed by atoms with Crippen LogP contribution in [-0.2, 0) is 28.6 Å². The van der Waals surface area contributed by atoms with E-state index in [0.717, 1.165) is 27.7 Å². The van der Waals surface area contributed by atoms with Gasteiger partial charge in [-0.15, -0.1) is 0 Å². The molecule has 1 aromatic heterocycles. The fourth-order valence-corrected chi connectivity index (χ4v) is 5.86. The predicted molar refractivity (Wildman–Crippen MR) is 143 cm³/mol. The third-order valence-corrected chi connectivity index (χ3v) is 8.32. The smallest absolute Gasteiger partial charge is 0.309 e. The van der Waals surface area contributed by atoms with E-state index in [1.165, 1.54) is 0 Å². The molecule has 1 atom stereocenters. The van der Waals surface area contributed by atoms with E-state index in [1.54, 1.807) is 13.8 Å². The molecule has 0 amide bonds. The Balaban J connectivity index is 2.05. The van der Waals surface area contributed by atoms with Crippen molar-refractivity contribution in [3.63, 3.8) is 0 Å². The molecule has 1 unspecified atom stereocenters. The monoisotopic (exact) mass is 507 g/mol. The number of aromatic nitrogens is 1. The van der Waals surface area contributed by atoms with Gasteiger partial charge in [-0.25, -0.2) is 4.21 Å². The molecule has 0 aliphatic heterocycles. The van der Waals surface area contributed by atoms with Gasteiger partial charge in [0.15, 0.2) is 0 Å². The highest BCUT2D eigenvalue weighted by atomic mass is 35.5. The molecule has 4 nitrogen and oxygen atoms in total. The number of carboxylic acids is 1. The second-order valence-corrected chi connectivity index (χ2v) is 11.7. The summed E-state index contributed by atoms with van der Waals surface area (Å²) in [4.78, 5) is 13.5. The zero-order valence-corrected chi connectivity index (χ0v) is 22.0. The maximum absolute atomic E-state index is 14.1. The lowest BCUT2D eigenvalue weighted by molar-refractivity contribution is -0.146. The average Bonchev–Trinajstić information content (AvgIpc) is 3.12. The van der Waals surface area contributed by atoms with Crippen LogP contribution in [0.15, 0.2) is 82.6 Å². The minimum Gasteiger partial charge on any atom is -0.481 e.